The Balaban J connectivity index is 2.39. The molecule has 1 aromatic heterocycles. The van der Waals surface area contributed by atoms with Gasteiger partial charge in [0.2, 0.25) is 0 Å². The number of rotatable bonds is 2. The monoisotopic (exact) mass is 277 g/mol. The summed E-state index contributed by atoms with van der Waals surface area (Å²) < 4.78 is 44.7. The maximum atomic E-state index is 12.9. The quantitative estimate of drug-likeness (QED) is 0.616. The van der Waals surface area contributed by atoms with Gasteiger partial charge in [0.1, 0.15) is 5.69 Å². The fourth-order valence-corrected chi connectivity index (χ4v) is 2.00. The second kappa shape index (κ2) is 5.17. The molecular weight excluding hydrogens is 267 g/mol. The lowest BCUT2D eigenvalue weighted by molar-refractivity contribution is -0.145. The molecule has 2 rings (SSSR count). The highest BCUT2D eigenvalue weighted by Crippen LogP contribution is 2.35. The van der Waals surface area contributed by atoms with E-state index in [1.807, 2.05) is 5.16 Å². The molecule has 4 nitrogen and oxygen atoms in total. The molecule has 2 heterocycles. The van der Waals surface area contributed by atoms with E-state index in [4.69, 9.17) is 4.74 Å². The van der Waals surface area contributed by atoms with E-state index in [-0.39, 0.29) is 11.9 Å². The molecule has 1 aliphatic rings. The van der Waals surface area contributed by atoms with Gasteiger partial charge in [-0.25, -0.2) is 0 Å². The lowest BCUT2D eigenvalue weighted by Crippen LogP contribution is -2.24. The van der Waals surface area contributed by atoms with E-state index in [2.05, 4.69) is 22.3 Å². The molecule has 1 aromatic rings. The van der Waals surface area contributed by atoms with Crippen LogP contribution in [0.4, 0.5) is 19.0 Å². The fraction of sp³-hybridized carbons (Fsp3) is 0.600. The van der Waals surface area contributed by atoms with Gasteiger partial charge in [-0.3, -0.25) is 4.68 Å². The Bertz CT molecular complexity index is 473. The molecular formula is C10H10F3N3OS. The molecule has 98 valence electrons. The summed E-state index contributed by atoms with van der Waals surface area (Å²) >= 11 is 4.37. The van der Waals surface area contributed by atoms with Gasteiger partial charge < -0.3 is 4.74 Å². The van der Waals surface area contributed by atoms with Gasteiger partial charge >= 0.3 is 6.18 Å². The summed E-state index contributed by atoms with van der Waals surface area (Å²) in [5, 5.41) is 5.85. The molecule has 0 aromatic carbocycles. The van der Waals surface area contributed by atoms with Crippen molar-refractivity contribution in [2.75, 3.05) is 13.2 Å². The minimum atomic E-state index is -4.46. The van der Waals surface area contributed by atoms with Gasteiger partial charge in [0, 0.05) is 19.3 Å². The first-order chi connectivity index (χ1) is 8.52. The van der Waals surface area contributed by atoms with Crippen LogP contribution in [-0.4, -0.2) is 28.2 Å². The van der Waals surface area contributed by atoms with E-state index in [9.17, 15) is 13.2 Å². The molecule has 0 unspecified atom stereocenters. The van der Waals surface area contributed by atoms with Crippen molar-refractivity contribution in [3.63, 3.8) is 0 Å². The number of alkyl halides is 3. The van der Waals surface area contributed by atoms with Gasteiger partial charge in [0.05, 0.1) is 11.2 Å². The predicted molar refractivity (Wildman–Crippen MR) is 61.0 cm³/mol. The van der Waals surface area contributed by atoms with Gasteiger partial charge in [-0.1, -0.05) is 0 Å². The third-order valence-electron chi connectivity index (χ3n) is 2.71. The number of aromatic nitrogens is 2. The molecule has 0 bridgehead atoms. The number of hydrogen-bond acceptors (Lipinski definition) is 4. The van der Waals surface area contributed by atoms with Crippen molar-refractivity contribution >= 4 is 23.2 Å². The molecule has 0 aliphatic carbocycles. The third kappa shape index (κ3) is 2.77. The van der Waals surface area contributed by atoms with E-state index in [1.165, 1.54) is 0 Å². The number of isothiocyanates is 1. The summed E-state index contributed by atoms with van der Waals surface area (Å²) in [5.74, 6) is -0.0659. The highest BCUT2D eigenvalue weighted by atomic mass is 32.1. The summed E-state index contributed by atoms with van der Waals surface area (Å²) in [6, 6.07) is 0.568. The fourth-order valence-electron chi connectivity index (χ4n) is 1.90. The topological polar surface area (TPSA) is 39.4 Å². The molecule has 8 heteroatoms. The van der Waals surface area contributed by atoms with Crippen LogP contribution in [0.15, 0.2) is 11.1 Å². The Hall–Kier alpha value is -1.24. The Labute approximate surface area is 106 Å². The third-order valence-corrected chi connectivity index (χ3v) is 2.80. The van der Waals surface area contributed by atoms with Crippen LogP contribution in [0, 0.1) is 0 Å². The molecule has 0 amide bonds. The number of ether oxygens (including phenoxy) is 1. The molecule has 1 fully saturated rings. The van der Waals surface area contributed by atoms with E-state index in [1.54, 1.807) is 0 Å². The number of hydrogen-bond donors (Lipinski definition) is 0. The van der Waals surface area contributed by atoms with Crippen LogP contribution in [-0.2, 0) is 10.9 Å². The second-order valence-corrected chi connectivity index (χ2v) is 4.06. The normalized spacial score (nSPS) is 17.5. The minimum absolute atomic E-state index is 0.0659. The van der Waals surface area contributed by atoms with Gasteiger partial charge in [0.15, 0.2) is 5.82 Å². The van der Waals surface area contributed by atoms with E-state index < -0.39 is 11.9 Å². The molecule has 0 saturated carbocycles. The van der Waals surface area contributed by atoms with Crippen LogP contribution >= 0.6 is 12.2 Å². The number of aliphatic imine (C=N–C) groups is 1. The highest BCUT2D eigenvalue weighted by molar-refractivity contribution is 7.78. The molecule has 0 radical (unpaired) electrons. The lowest BCUT2D eigenvalue weighted by atomic mass is 10.1. The molecule has 0 spiro atoms. The smallest absolute Gasteiger partial charge is 0.381 e. The van der Waals surface area contributed by atoms with Gasteiger partial charge in [0.25, 0.3) is 0 Å². The molecule has 1 saturated heterocycles. The maximum Gasteiger partial charge on any atom is 0.433 e. The van der Waals surface area contributed by atoms with Crippen LogP contribution < -0.4 is 0 Å². The summed E-state index contributed by atoms with van der Waals surface area (Å²) in [4.78, 5) is 3.50. The first kappa shape index (κ1) is 13.2. The number of nitrogens with zero attached hydrogens (tertiary/aromatic N) is 3. The Morgan fingerprint density at radius 1 is 1.44 bits per heavy atom. The summed E-state index contributed by atoms with van der Waals surface area (Å²) in [6.45, 7) is 0.876. The Kier molecular flexibility index (Phi) is 3.79. The maximum absolute atomic E-state index is 12.9. The zero-order valence-electron chi connectivity index (χ0n) is 9.28. The number of thiocarbonyl (C=S) groups is 1. The Morgan fingerprint density at radius 3 is 2.67 bits per heavy atom. The van der Waals surface area contributed by atoms with Crippen LogP contribution in [0.25, 0.3) is 0 Å². The highest BCUT2D eigenvalue weighted by Gasteiger charge is 2.38. The molecule has 0 N–H and O–H groups in total. The minimum Gasteiger partial charge on any atom is -0.381 e. The summed E-state index contributed by atoms with van der Waals surface area (Å²) in [5.41, 5.74) is -0.807. The summed E-state index contributed by atoms with van der Waals surface area (Å²) in [7, 11) is 0. The molecule has 18 heavy (non-hydrogen) atoms. The van der Waals surface area contributed by atoms with Crippen molar-refractivity contribution in [3.05, 3.63) is 11.8 Å². The van der Waals surface area contributed by atoms with Gasteiger partial charge in [-0.2, -0.15) is 23.3 Å². The van der Waals surface area contributed by atoms with E-state index >= 15 is 0 Å². The van der Waals surface area contributed by atoms with Crippen molar-refractivity contribution < 1.29 is 17.9 Å². The zero-order valence-corrected chi connectivity index (χ0v) is 10.1. The zero-order chi connectivity index (χ0) is 13.2. The first-order valence-electron chi connectivity index (χ1n) is 5.34. The van der Waals surface area contributed by atoms with Crippen LogP contribution in [0.1, 0.15) is 24.6 Å². The van der Waals surface area contributed by atoms with Crippen LogP contribution in [0.5, 0.6) is 0 Å². The average Bonchev–Trinajstić information content (AvgIpc) is 2.75. The van der Waals surface area contributed by atoms with E-state index in [0.29, 0.717) is 26.1 Å². The van der Waals surface area contributed by atoms with Gasteiger partial charge in [-0.15, -0.1) is 0 Å². The van der Waals surface area contributed by atoms with Crippen molar-refractivity contribution in [2.24, 2.45) is 4.99 Å². The van der Waals surface area contributed by atoms with Crippen LogP contribution in [0.3, 0.4) is 0 Å². The van der Waals surface area contributed by atoms with Crippen molar-refractivity contribution in [1.82, 2.24) is 9.78 Å². The molecule has 1 aliphatic heterocycles. The molecule has 0 atom stereocenters. The largest absolute Gasteiger partial charge is 0.433 e. The second-order valence-electron chi connectivity index (χ2n) is 3.88. The summed E-state index contributed by atoms with van der Waals surface area (Å²) in [6.07, 6.45) is -3.45. The predicted octanol–water partition coefficient (Wildman–Crippen LogP) is 2.99. The van der Waals surface area contributed by atoms with E-state index in [0.717, 1.165) is 10.7 Å². The van der Waals surface area contributed by atoms with Crippen molar-refractivity contribution in [2.45, 2.75) is 25.1 Å². The number of halogens is 3. The lowest BCUT2D eigenvalue weighted by Gasteiger charge is -2.24. The Morgan fingerprint density at radius 2 is 2.11 bits per heavy atom. The van der Waals surface area contributed by atoms with Crippen molar-refractivity contribution in [1.29, 1.82) is 0 Å². The van der Waals surface area contributed by atoms with Crippen LogP contribution in [0.2, 0.25) is 0 Å². The first-order valence-corrected chi connectivity index (χ1v) is 5.75. The van der Waals surface area contributed by atoms with Gasteiger partial charge in [-0.05, 0) is 25.1 Å². The SMILES string of the molecule is FC(F)(F)c1cc(N=C=S)nn1C1CCOCC1. The average molecular weight is 277 g/mol. The standard InChI is InChI=1S/C10H10F3N3OS/c11-10(12,13)8-5-9(14-6-18)15-16(8)7-1-3-17-4-2-7/h5,7H,1-4H2. The van der Waals surface area contributed by atoms with Crippen molar-refractivity contribution in [3.8, 4) is 0 Å².